The van der Waals surface area contributed by atoms with Gasteiger partial charge in [0.05, 0.1) is 0 Å². The fourth-order valence-electron chi connectivity index (χ4n) is 2.35. The zero-order valence-corrected chi connectivity index (χ0v) is 15.2. The second-order valence-electron chi connectivity index (χ2n) is 5.52. The summed E-state index contributed by atoms with van der Waals surface area (Å²) in [5.74, 6) is 2.74. The SMILES string of the molecule is Cc1nc(NCCNS(=O)(=O)c2cccnc2)cc(-n2ccnc2C)n1. The smallest absolute Gasteiger partial charge is 0.242 e. The monoisotopic (exact) mass is 373 g/mol. The molecule has 2 N–H and O–H groups in total. The lowest BCUT2D eigenvalue weighted by atomic mass is 10.4. The van der Waals surface area contributed by atoms with Gasteiger partial charge >= 0.3 is 0 Å². The fourth-order valence-corrected chi connectivity index (χ4v) is 3.35. The summed E-state index contributed by atoms with van der Waals surface area (Å²) in [4.78, 5) is 16.9. The van der Waals surface area contributed by atoms with Gasteiger partial charge in [-0.25, -0.2) is 28.1 Å². The van der Waals surface area contributed by atoms with Crippen LogP contribution in [0.5, 0.6) is 0 Å². The Morgan fingerprint density at radius 1 is 1.15 bits per heavy atom. The van der Waals surface area contributed by atoms with Crippen LogP contribution >= 0.6 is 0 Å². The molecule has 0 saturated carbocycles. The van der Waals surface area contributed by atoms with Crippen molar-refractivity contribution in [1.82, 2.24) is 29.2 Å². The Hall–Kier alpha value is -2.85. The van der Waals surface area contributed by atoms with E-state index in [1.807, 2.05) is 17.7 Å². The van der Waals surface area contributed by atoms with Crippen LogP contribution in [0, 0.1) is 13.8 Å². The maximum Gasteiger partial charge on any atom is 0.242 e. The molecule has 0 aliphatic rings. The first kappa shape index (κ1) is 18.0. The van der Waals surface area contributed by atoms with Crippen LogP contribution in [0.1, 0.15) is 11.6 Å². The number of aryl methyl sites for hydroxylation is 2. The second-order valence-corrected chi connectivity index (χ2v) is 7.28. The molecule has 9 nitrogen and oxygen atoms in total. The van der Waals surface area contributed by atoms with Gasteiger partial charge in [-0.05, 0) is 26.0 Å². The molecule has 10 heteroatoms. The van der Waals surface area contributed by atoms with Crippen LogP contribution in [0.3, 0.4) is 0 Å². The summed E-state index contributed by atoms with van der Waals surface area (Å²) < 4.78 is 28.6. The zero-order valence-electron chi connectivity index (χ0n) is 14.4. The lowest BCUT2D eigenvalue weighted by molar-refractivity contribution is 0.582. The molecule has 0 aliphatic heterocycles. The van der Waals surface area contributed by atoms with E-state index in [4.69, 9.17) is 0 Å². The number of nitrogens with one attached hydrogen (secondary N) is 2. The van der Waals surface area contributed by atoms with E-state index in [-0.39, 0.29) is 11.4 Å². The van der Waals surface area contributed by atoms with Crippen LogP contribution in [-0.4, -0.2) is 46.0 Å². The predicted molar refractivity (Wildman–Crippen MR) is 96.5 cm³/mol. The first-order valence-corrected chi connectivity index (χ1v) is 9.43. The van der Waals surface area contributed by atoms with Crippen LogP contribution in [0.25, 0.3) is 5.82 Å². The third kappa shape index (κ3) is 4.21. The lowest BCUT2D eigenvalue weighted by Crippen LogP contribution is -2.29. The summed E-state index contributed by atoms with van der Waals surface area (Å²) in [5, 5.41) is 3.10. The lowest BCUT2D eigenvalue weighted by Gasteiger charge is -2.11. The first-order valence-electron chi connectivity index (χ1n) is 7.95. The first-order chi connectivity index (χ1) is 12.5. The number of anilines is 1. The van der Waals surface area contributed by atoms with Gasteiger partial charge in [-0.1, -0.05) is 0 Å². The van der Waals surface area contributed by atoms with Gasteiger partial charge in [0.25, 0.3) is 0 Å². The van der Waals surface area contributed by atoms with Crippen molar-refractivity contribution in [1.29, 1.82) is 0 Å². The number of imidazole rings is 1. The van der Waals surface area contributed by atoms with Gasteiger partial charge in [-0.3, -0.25) is 9.55 Å². The normalized spacial score (nSPS) is 11.5. The largest absolute Gasteiger partial charge is 0.369 e. The van der Waals surface area contributed by atoms with E-state index in [9.17, 15) is 8.42 Å². The van der Waals surface area contributed by atoms with E-state index >= 15 is 0 Å². The molecule has 0 saturated heterocycles. The summed E-state index contributed by atoms with van der Waals surface area (Å²) in [6.07, 6.45) is 6.36. The average Bonchev–Trinajstić information content (AvgIpc) is 3.05. The summed E-state index contributed by atoms with van der Waals surface area (Å²) in [5.41, 5.74) is 0. The van der Waals surface area contributed by atoms with Gasteiger partial charge in [0.1, 0.15) is 28.2 Å². The average molecular weight is 373 g/mol. The Bertz CT molecular complexity index is 987. The number of aromatic nitrogens is 5. The highest BCUT2D eigenvalue weighted by atomic mass is 32.2. The highest BCUT2D eigenvalue weighted by molar-refractivity contribution is 7.89. The minimum absolute atomic E-state index is 0.135. The Morgan fingerprint density at radius 2 is 2.00 bits per heavy atom. The van der Waals surface area contributed by atoms with Crippen molar-refractivity contribution in [3.63, 3.8) is 0 Å². The van der Waals surface area contributed by atoms with Gasteiger partial charge in [0.15, 0.2) is 0 Å². The van der Waals surface area contributed by atoms with Gasteiger partial charge < -0.3 is 5.32 Å². The third-order valence-electron chi connectivity index (χ3n) is 3.56. The molecule has 0 bridgehead atoms. The molecule has 0 unspecified atom stereocenters. The number of rotatable bonds is 7. The van der Waals surface area contributed by atoms with E-state index in [2.05, 4.69) is 30.0 Å². The molecule has 0 amide bonds. The van der Waals surface area contributed by atoms with Crippen molar-refractivity contribution in [2.45, 2.75) is 18.7 Å². The number of sulfonamides is 1. The molecule has 0 atom stereocenters. The maximum absolute atomic E-state index is 12.1. The van der Waals surface area contributed by atoms with Crippen molar-refractivity contribution in [2.24, 2.45) is 0 Å². The molecular weight excluding hydrogens is 354 g/mol. The van der Waals surface area contributed by atoms with Gasteiger partial charge in [0.2, 0.25) is 10.0 Å². The Kier molecular flexibility index (Phi) is 5.24. The summed E-state index contributed by atoms with van der Waals surface area (Å²) >= 11 is 0. The van der Waals surface area contributed by atoms with Crippen molar-refractivity contribution in [3.05, 3.63) is 54.6 Å². The Labute approximate surface area is 151 Å². The minimum Gasteiger partial charge on any atom is -0.369 e. The van der Waals surface area contributed by atoms with E-state index in [0.717, 1.165) is 5.82 Å². The molecule has 3 heterocycles. The molecule has 3 aromatic heterocycles. The van der Waals surface area contributed by atoms with Gasteiger partial charge in [-0.2, -0.15) is 0 Å². The van der Waals surface area contributed by atoms with Gasteiger partial charge in [-0.15, -0.1) is 0 Å². The molecule has 0 radical (unpaired) electrons. The van der Waals surface area contributed by atoms with Crippen molar-refractivity contribution >= 4 is 15.8 Å². The van der Waals surface area contributed by atoms with Crippen LogP contribution in [-0.2, 0) is 10.0 Å². The molecule has 0 fully saturated rings. The molecule has 26 heavy (non-hydrogen) atoms. The van der Waals surface area contributed by atoms with E-state index < -0.39 is 10.0 Å². The second kappa shape index (κ2) is 7.58. The highest BCUT2D eigenvalue weighted by Gasteiger charge is 2.13. The quantitative estimate of drug-likeness (QED) is 0.595. The van der Waals surface area contributed by atoms with Crippen molar-refractivity contribution < 1.29 is 8.42 Å². The molecular formula is C16H19N7O2S. The minimum atomic E-state index is -3.57. The van der Waals surface area contributed by atoms with E-state index in [1.165, 1.54) is 18.5 Å². The highest BCUT2D eigenvalue weighted by Crippen LogP contribution is 2.12. The number of nitrogens with zero attached hydrogens (tertiary/aromatic N) is 5. The number of hydrogen-bond acceptors (Lipinski definition) is 7. The maximum atomic E-state index is 12.1. The van der Waals surface area contributed by atoms with Crippen LogP contribution in [0.15, 0.2) is 47.9 Å². The molecule has 3 aromatic rings. The fraction of sp³-hybridized carbons (Fsp3) is 0.250. The molecule has 0 aromatic carbocycles. The number of hydrogen-bond donors (Lipinski definition) is 2. The summed E-state index contributed by atoms with van der Waals surface area (Å²) in [6.45, 7) is 4.27. The predicted octanol–water partition coefficient (Wildman–Crippen LogP) is 1.06. The van der Waals surface area contributed by atoms with E-state index in [1.54, 1.807) is 25.3 Å². The summed E-state index contributed by atoms with van der Waals surface area (Å²) in [7, 11) is -3.57. The topological polar surface area (TPSA) is 115 Å². The molecule has 3 rings (SSSR count). The van der Waals surface area contributed by atoms with Crippen LogP contribution < -0.4 is 10.0 Å². The van der Waals surface area contributed by atoms with Crippen LogP contribution in [0.2, 0.25) is 0 Å². The molecule has 0 aliphatic carbocycles. The third-order valence-corrected chi connectivity index (χ3v) is 5.01. The molecule has 136 valence electrons. The van der Waals surface area contributed by atoms with Gasteiger partial charge in [0, 0.05) is 43.9 Å². The summed E-state index contributed by atoms with van der Waals surface area (Å²) in [6, 6.07) is 4.86. The van der Waals surface area contributed by atoms with E-state index in [0.29, 0.717) is 24.0 Å². The zero-order chi connectivity index (χ0) is 18.6. The Balaban J connectivity index is 1.62. The Morgan fingerprint density at radius 3 is 2.69 bits per heavy atom. The van der Waals surface area contributed by atoms with Crippen molar-refractivity contribution in [2.75, 3.05) is 18.4 Å². The van der Waals surface area contributed by atoms with Crippen molar-refractivity contribution in [3.8, 4) is 5.82 Å². The number of pyridine rings is 1. The standard InChI is InChI=1S/C16H19N7O2S/c1-12-21-15(10-16(22-12)23-9-8-18-13(23)2)19-6-7-20-26(24,25)14-4-3-5-17-11-14/h3-5,8-11,20H,6-7H2,1-2H3,(H,19,21,22). The molecule has 0 spiro atoms. The van der Waals surface area contributed by atoms with Crippen LogP contribution in [0.4, 0.5) is 5.82 Å².